The highest BCUT2D eigenvalue weighted by Gasteiger charge is 2.58. The van der Waals surface area contributed by atoms with E-state index in [0.717, 1.165) is 0 Å². The maximum Gasteiger partial charge on any atom is 0.517 e. The van der Waals surface area contributed by atoms with E-state index in [0.29, 0.717) is 18.9 Å². The molecule has 0 spiro atoms. The molecule has 1 amide bonds. The first-order valence-electron chi connectivity index (χ1n) is 13.0. The van der Waals surface area contributed by atoms with Crippen LogP contribution in [0.3, 0.4) is 0 Å². The zero-order valence-electron chi connectivity index (χ0n) is 23.1. The molecule has 0 fully saturated rings. The van der Waals surface area contributed by atoms with Gasteiger partial charge in [0, 0.05) is 2.74 Å². The van der Waals surface area contributed by atoms with Crippen LogP contribution in [0.25, 0.3) is 11.6 Å². The number of ether oxygens (including phenoxy) is 3. The molecule has 0 aromatic carbocycles. The second-order valence-electron chi connectivity index (χ2n) is 8.65. The number of unbranched alkanes of at least 4 members (excludes halogenated alkanes) is 1. The predicted molar refractivity (Wildman–Crippen MR) is 122 cm³/mol. The predicted octanol–water partition coefficient (Wildman–Crippen LogP) is 6.12. The van der Waals surface area contributed by atoms with E-state index in [1.165, 1.54) is 6.92 Å². The van der Waals surface area contributed by atoms with Crippen molar-refractivity contribution in [2.24, 2.45) is 0 Å². The smallest absolute Gasteiger partial charge is 0.474 e. The Labute approximate surface area is 226 Å². The third-order valence-electron chi connectivity index (χ3n) is 5.51. The first-order chi connectivity index (χ1) is 19.5. The Morgan fingerprint density at radius 3 is 2.62 bits per heavy atom. The normalized spacial score (nSPS) is 24.6. The fourth-order valence-corrected chi connectivity index (χ4v) is 3.35. The summed E-state index contributed by atoms with van der Waals surface area (Å²) in [6, 6.07) is 0.298. The highest BCUT2D eigenvalue weighted by molar-refractivity contribution is 5.94. The number of anilines is 1. The molecular weight excluding hydrogens is 558 g/mol. The van der Waals surface area contributed by atoms with Crippen LogP contribution in [0.5, 0.6) is 5.88 Å². The molecule has 40 heavy (non-hydrogen) atoms. The average molecular weight is 586 g/mol. The largest absolute Gasteiger partial charge is 0.517 e. The van der Waals surface area contributed by atoms with Crippen LogP contribution in [0.4, 0.5) is 41.6 Å². The molecule has 11 nitrogen and oxygen atoms in total. The summed E-state index contributed by atoms with van der Waals surface area (Å²) in [6.07, 6.45) is -19.0. The van der Waals surface area contributed by atoms with Gasteiger partial charge in [-0.1, -0.05) is 19.7 Å². The number of nitrogens with zero attached hydrogens (tertiary/aromatic N) is 3. The summed E-state index contributed by atoms with van der Waals surface area (Å²) in [5.74, 6) is -3.58. The highest BCUT2D eigenvalue weighted by Crippen LogP contribution is 2.45. The molecule has 4 bridgehead atoms. The first kappa shape index (κ1) is 27.9. The lowest BCUT2D eigenvalue weighted by Crippen LogP contribution is -2.42. The number of rotatable bonds is 4. The number of pyridine rings is 1. The van der Waals surface area contributed by atoms with Crippen molar-refractivity contribution in [2.45, 2.75) is 82.8 Å². The Kier molecular flexibility index (Phi) is 8.56. The topological polar surface area (TPSA) is 146 Å². The Bertz CT molecular complexity index is 1280. The zero-order valence-corrected chi connectivity index (χ0v) is 21.1. The molecule has 0 radical (unpaired) electrons. The quantitative estimate of drug-likeness (QED) is 0.186. The van der Waals surface area contributed by atoms with Gasteiger partial charge in [0.1, 0.15) is 5.56 Å². The second kappa shape index (κ2) is 12.3. The molecule has 0 saturated heterocycles. The van der Waals surface area contributed by atoms with Gasteiger partial charge in [-0.05, 0) is 45.1 Å². The fraction of sp³-hybridized carbons (Fsp3) is 0.609. The number of hydrogen-bond donors (Lipinski definition) is 2. The van der Waals surface area contributed by atoms with Gasteiger partial charge in [-0.2, -0.15) is 26.3 Å². The Morgan fingerprint density at radius 1 is 1.25 bits per heavy atom. The lowest BCUT2D eigenvalue weighted by atomic mass is 9.94. The SMILES string of the molecule is [2H]C1CC[C@@H](C)Oc2nc(c(NC(=O)OC(=O)OCCCC)cc2C(F)(F)F)-c2nnc(o2)[C@@](O)(C(F)(F)F)CC1[2H]. The molecule has 2 N–H and O–H groups in total. The molecule has 1 aliphatic heterocycles. The van der Waals surface area contributed by atoms with Gasteiger partial charge in [-0.3, -0.25) is 5.32 Å². The van der Waals surface area contributed by atoms with Gasteiger partial charge >= 0.3 is 24.6 Å². The minimum atomic E-state index is -5.48. The molecule has 3 rings (SSSR count). The zero-order chi connectivity index (χ0) is 31.5. The molecule has 2 aromatic rings. The standard InChI is InChI=1S/C23H26F6N4O7/c1-3-4-10-37-20(35)40-19(34)30-14-11-13(22(24,25)26)16-31-15(14)17-32-33-18(39-17)21(36,23(27,28)29)9-7-5-6-8-12(2)38-16/h11-12,36H,3-10H2,1-2H3,(H,30,34)/t12-,21-/m1/s1/i5D,7D/t5?,7?,12-,21-. The van der Waals surface area contributed by atoms with E-state index < -0.39 is 90.1 Å². The summed E-state index contributed by atoms with van der Waals surface area (Å²) in [4.78, 5) is 27.7. The average Bonchev–Trinajstić information content (AvgIpc) is 3.36. The van der Waals surface area contributed by atoms with Crippen molar-refractivity contribution in [3.05, 3.63) is 17.5 Å². The van der Waals surface area contributed by atoms with Crippen molar-refractivity contribution in [1.29, 1.82) is 0 Å². The minimum Gasteiger partial charge on any atom is -0.474 e. The Morgan fingerprint density at radius 2 is 1.98 bits per heavy atom. The number of nitrogens with one attached hydrogen (secondary N) is 1. The van der Waals surface area contributed by atoms with E-state index in [1.807, 2.05) is 5.32 Å². The molecule has 0 aliphatic carbocycles. The summed E-state index contributed by atoms with van der Waals surface area (Å²) in [6.45, 7) is 2.97. The van der Waals surface area contributed by atoms with Crippen LogP contribution < -0.4 is 10.1 Å². The van der Waals surface area contributed by atoms with E-state index in [9.17, 15) is 41.0 Å². The second-order valence-corrected chi connectivity index (χ2v) is 8.65. The van der Waals surface area contributed by atoms with Crippen LogP contribution in [0.1, 0.15) is 72.9 Å². The number of hydrogen-bond acceptors (Lipinski definition) is 10. The van der Waals surface area contributed by atoms with Crippen molar-refractivity contribution >= 4 is 17.9 Å². The maximum absolute atomic E-state index is 14.0. The molecule has 3 heterocycles. The number of aromatic nitrogens is 3. The van der Waals surface area contributed by atoms with Gasteiger partial charge in [0.05, 0.1) is 18.4 Å². The number of amides is 1. The molecular formula is C23H26F6N4O7. The van der Waals surface area contributed by atoms with Crippen molar-refractivity contribution in [1.82, 2.24) is 15.2 Å². The minimum absolute atomic E-state index is 0.120. The molecule has 17 heteroatoms. The van der Waals surface area contributed by atoms with E-state index in [2.05, 4.69) is 24.7 Å². The van der Waals surface area contributed by atoms with Crippen LogP contribution in [-0.4, -0.2) is 51.4 Å². The van der Waals surface area contributed by atoms with Gasteiger partial charge in [0.2, 0.25) is 11.5 Å². The van der Waals surface area contributed by atoms with Gasteiger partial charge < -0.3 is 23.7 Å². The number of carbonyl (C=O) groups excluding carboxylic acids is 2. The Hall–Kier alpha value is -3.63. The molecule has 222 valence electrons. The lowest BCUT2D eigenvalue weighted by molar-refractivity contribution is -0.277. The molecule has 2 aromatic heterocycles. The van der Waals surface area contributed by atoms with Crippen molar-refractivity contribution < 1.29 is 62.4 Å². The van der Waals surface area contributed by atoms with Crippen LogP contribution in [0, 0.1) is 0 Å². The van der Waals surface area contributed by atoms with Crippen LogP contribution in [0.2, 0.25) is 0 Å². The summed E-state index contributed by atoms with van der Waals surface area (Å²) >= 11 is 0. The van der Waals surface area contributed by atoms with Crippen molar-refractivity contribution in [3.63, 3.8) is 0 Å². The number of aliphatic hydroxyl groups is 1. The van der Waals surface area contributed by atoms with E-state index in [-0.39, 0.29) is 19.4 Å². The third kappa shape index (κ3) is 7.31. The van der Waals surface area contributed by atoms with Gasteiger partial charge in [0.15, 0.2) is 5.69 Å². The van der Waals surface area contributed by atoms with Gasteiger partial charge in [0.25, 0.3) is 11.8 Å². The van der Waals surface area contributed by atoms with E-state index in [1.54, 1.807) is 6.92 Å². The maximum atomic E-state index is 14.0. The highest BCUT2D eigenvalue weighted by atomic mass is 19.4. The summed E-state index contributed by atoms with van der Waals surface area (Å²) in [7, 11) is 0. The summed E-state index contributed by atoms with van der Waals surface area (Å²) < 4.78 is 119. The Balaban J connectivity index is 2.16. The summed E-state index contributed by atoms with van der Waals surface area (Å²) in [5, 5.41) is 18.9. The number of fused-ring (bicyclic) bond motifs is 5. The van der Waals surface area contributed by atoms with Crippen molar-refractivity contribution in [3.8, 4) is 17.5 Å². The first-order valence-corrected chi connectivity index (χ1v) is 11.9. The number of carbonyl (C=O) groups is 2. The number of halogens is 6. The van der Waals surface area contributed by atoms with E-state index in [4.69, 9.17) is 11.9 Å². The summed E-state index contributed by atoms with van der Waals surface area (Å²) in [5.41, 5.74) is -7.18. The fourth-order valence-electron chi connectivity index (χ4n) is 3.35. The molecule has 1 aliphatic rings. The molecule has 4 atom stereocenters. The van der Waals surface area contributed by atoms with Crippen molar-refractivity contribution in [2.75, 3.05) is 11.9 Å². The van der Waals surface area contributed by atoms with E-state index >= 15 is 0 Å². The van der Waals surface area contributed by atoms with Gasteiger partial charge in [-0.25, -0.2) is 14.6 Å². The lowest BCUT2D eigenvalue weighted by Gasteiger charge is -2.27. The van der Waals surface area contributed by atoms with Crippen LogP contribution in [0.15, 0.2) is 10.5 Å². The monoisotopic (exact) mass is 586 g/mol. The van der Waals surface area contributed by atoms with Crippen LogP contribution >= 0.6 is 0 Å². The van der Waals surface area contributed by atoms with Gasteiger partial charge in [-0.15, -0.1) is 10.2 Å². The number of alkyl halides is 6. The molecule has 0 saturated carbocycles. The van der Waals surface area contributed by atoms with Crippen LogP contribution in [-0.2, 0) is 21.3 Å². The molecule has 2 unspecified atom stereocenters. The third-order valence-corrected chi connectivity index (χ3v) is 5.51.